The van der Waals surface area contributed by atoms with Gasteiger partial charge in [-0.2, -0.15) is 11.8 Å². The second-order valence-electron chi connectivity index (χ2n) is 7.29. The van der Waals surface area contributed by atoms with Crippen LogP contribution < -0.4 is 0 Å². The summed E-state index contributed by atoms with van der Waals surface area (Å²) in [5, 5.41) is 12.4. The highest BCUT2D eigenvalue weighted by Gasteiger charge is 2.26. The van der Waals surface area contributed by atoms with Crippen molar-refractivity contribution in [1.82, 2.24) is 34.7 Å². The number of tetrazole rings is 1. The van der Waals surface area contributed by atoms with E-state index < -0.39 is 0 Å². The topological polar surface area (TPSA) is 64.7 Å². The average Bonchev–Trinajstić information content (AvgIpc) is 3.23. The number of rotatable bonds is 6. The van der Waals surface area contributed by atoms with Gasteiger partial charge in [-0.3, -0.25) is 4.90 Å². The van der Waals surface area contributed by atoms with E-state index in [0.717, 1.165) is 25.5 Å². The zero-order valence-electron chi connectivity index (χ0n) is 14.8. The number of nitrogens with zero attached hydrogens (tertiary/aromatic N) is 7. The number of thioether (sulfide) groups is 1. The van der Waals surface area contributed by atoms with E-state index in [2.05, 4.69) is 62.5 Å². The molecule has 24 heavy (non-hydrogen) atoms. The van der Waals surface area contributed by atoms with Crippen molar-refractivity contribution in [2.45, 2.75) is 58.3 Å². The summed E-state index contributed by atoms with van der Waals surface area (Å²) >= 11 is 2.06. The molecule has 1 aliphatic heterocycles. The lowest BCUT2D eigenvalue weighted by molar-refractivity contribution is 0.158. The summed E-state index contributed by atoms with van der Waals surface area (Å²) in [7, 11) is 0. The van der Waals surface area contributed by atoms with Gasteiger partial charge < -0.3 is 4.57 Å². The third-order valence-electron chi connectivity index (χ3n) is 4.43. The van der Waals surface area contributed by atoms with Gasteiger partial charge >= 0.3 is 0 Å². The zero-order chi connectivity index (χ0) is 17.0. The number of imidazole rings is 1. The van der Waals surface area contributed by atoms with Crippen LogP contribution in [-0.2, 0) is 18.6 Å². The first-order chi connectivity index (χ1) is 11.5. The van der Waals surface area contributed by atoms with Gasteiger partial charge in [-0.15, -0.1) is 5.10 Å². The number of aromatic nitrogens is 6. The molecule has 0 spiro atoms. The summed E-state index contributed by atoms with van der Waals surface area (Å²) in [4.78, 5) is 6.69. The van der Waals surface area contributed by atoms with Crippen LogP contribution in [0.5, 0.6) is 0 Å². The van der Waals surface area contributed by atoms with Crippen LogP contribution in [0.25, 0.3) is 0 Å². The van der Waals surface area contributed by atoms with Gasteiger partial charge in [0, 0.05) is 31.5 Å². The fraction of sp³-hybridized carbons (Fsp3) is 0.750. The molecule has 0 aromatic carbocycles. The average molecular weight is 350 g/mol. The maximum absolute atomic E-state index is 4.30. The van der Waals surface area contributed by atoms with Crippen molar-refractivity contribution in [3.05, 3.63) is 24.5 Å². The van der Waals surface area contributed by atoms with E-state index in [1.54, 1.807) is 0 Å². The monoisotopic (exact) mass is 349 g/mol. The molecule has 1 aliphatic rings. The third-order valence-corrected chi connectivity index (χ3v) is 5.47. The fourth-order valence-electron chi connectivity index (χ4n) is 3.11. The maximum atomic E-state index is 4.30. The SMILES string of the molecule is CC(C)(C)n1nnnc1CN(CCn1ccnc1)C1CCSCC1. The highest BCUT2D eigenvalue weighted by atomic mass is 32.2. The molecule has 3 rings (SSSR count). The van der Waals surface area contributed by atoms with Crippen LogP contribution in [0, 0.1) is 0 Å². The number of hydrogen-bond acceptors (Lipinski definition) is 6. The molecule has 0 N–H and O–H groups in total. The van der Waals surface area contributed by atoms with Gasteiger partial charge in [0.25, 0.3) is 0 Å². The standard InChI is InChI=1S/C16H27N7S/c1-16(2,3)23-15(18-19-20-23)12-22(14-4-10-24-11-5-14)9-8-21-7-6-17-13-21/h6-7,13-14H,4-5,8-12H2,1-3H3. The van der Waals surface area contributed by atoms with Crippen LogP contribution in [0.1, 0.15) is 39.4 Å². The second kappa shape index (κ2) is 7.65. The van der Waals surface area contributed by atoms with Gasteiger partial charge in [-0.05, 0) is 55.5 Å². The Kier molecular flexibility index (Phi) is 5.55. The Labute approximate surface area is 147 Å². The third kappa shape index (κ3) is 4.36. The minimum atomic E-state index is -0.0999. The Morgan fingerprint density at radius 2 is 2.08 bits per heavy atom. The van der Waals surface area contributed by atoms with Crippen molar-refractivity contribution in [2.24, 2.45) is 0 Å². The minimum Gasteiger partial charge on any atom is -0.336 e. The molecule has 1 saturated heterocycles. The van der Waals surface area contributed by atoms with E-state index in [0.29, 0.717) is 6.04 Å². The quantitative estimate of drug-likeness (QED) is 0.795. The predicted molar refractivity (Wildman–Crippen MR) is 95.8 cm³/mol. The normalized spacial score (nSPS) is 16.8. The summed E-state index contributed by atoms with van der Waals surface area (Å²) in [6, 6.07) is 0.611. The van der Waals surface area contributed by atoms with Crippen molar-refractivity contribution < 1.29 is 0 Å². The summed E-state index contributed by atoms with van der Waals surface area (Å²) in [6.45, 7) is 9.15. The minimum absolute atomic E-state index is 0.0999. The fourth-order valence-corrected chi connectivity index (χ4v) is 4.19. The molecule has 0 radical (unpaired) electrons. The first-order valence-electron chi connectivity index (χ1n) is 8.59. The number of hydrogen-bond donors (Lipinski definition) is 0. The van der Waals surface area contributed by atoms with Gasteiger partial charge in [0.05, 0.1) is 18.4 Å². The second-order valence-corrected chi connectivity index (χ2v) is 8.52. The first kappa shape index (κ1) is 17.4. The molecular weight excluding hydrogens is 322 g/mol. The summed E-state index contributed by atoms with van der Waals surface area (Å²) in [5.74, 6) is 3.44. The van der Waals surface area contributed by atoms with E-state index >= 15 is 0 Å². The van der Waals surface area contributed by atoms with E-state index in [1.165, 1.54) is 24.3 Å². The van der Waals surface area contributed by atoms with Gasteiger partial charge in [0.15, 0.2) is 5.82 Å². The Morgan fingerprint density at radius 3 is 2.75 bits per heavy atom. The maximum Gasteiger partial charge on any atom is 0.165 e. The molecule has 0 aliphatic carbocycles. The molecule has 2 aromatic heterocycles. The molecule has 0 unspecified atom stereocenters. The van der Waals surface area contributed by atoms with Gasteiger partial charge in [-0.1, -0.05) is 0 Å². The molecule has 1 fully saturated rings. The van der Waals surface area contributed by atoms with E-state index in [9.17, 15) is 0 Å². The molecule has 7 nitrogen and oxygen atoms in total. The molecule has 132 valence electrons. The van der Waals surface area contributed by atoms with Gasteiger partial charge in [-0.25, -0.2) is 9.67 Å². The van der Waals surface area contributed by atoms with Crippen LogP contribution in [0.15, 0.2) is 18.7 Å². The van der Waals surface area contributed by atoms with E-state index in [-0.39, 0.29) is 5.54 Å². The van der Waals surface area contributed by atoms with Crippen LogP contribution in [0.2, 0.25) is 0 Å². The van der Waals surface area contributed by atoms with Crippen molar-refractivity contribution in [1.29, 1.82) is 0 Å². The summed E-state index contributed by atoms with van der Waals surface area (Å²) in [6.07, 6.45) is 8.22. The Bertz CT molecular complexity index is 611. The van der Waals surface area contributed by atoms with Crippen LogP contribution in [-0.4, -0.2) is 58.8 Å². The van der Waals surface area contributed by atoms with Gasteiger partial charge in [0.2, 0.25) is 0 Å². The molecule has 8 heteroatoms. The smallest absolute Gasteiger partial charge is 0.165 e. The van der Waals surface area contributed by atoms with E-state index in [1.807, 2.05) is 23.4 Å². The highest BCUT2D eigenvalue weighted by molar-refractivity contribution is 7.99. The highest BCUT2D eigenvalue weighted by Crippen LogP contribution is 2.24. The van der Waals surface area contributed by atoms with Crippen LogP contribution in [0.4, 0.5) is 0 Å². The van der Waals surface area contributed by atoms with Crippen molar-refractivity contribution in [2.75, 3.05) is 18.1 Å². The van der Waals surface area contributed by atoms with Crippen molar-refractivity contribution in [3.8, 4) is 0 Å². The molecule has 0 atom stereocenters. The first-order valence-corrected chi connectivity index (χ1v) is 9.75. The Balaban J connectivity index is 1.72. The lowest BCUT2D eigenvalue weighted by Gasteiger charge is -2.34. The van der Waals surface area contributed by atoms with Crippen molar-refractivity contribution in [3.63, 3.8) is 0 Å². The molecular formula is C16H27N7S. The van der Waals surface area contributed by atoms with Crippen molar-refractivity contribution >= 4 is 11.8 Å². The molecule has 3 heterocycles. The zero-order valence-corrected chi connectivity index (χ0v) is 15.6. The molecule has 0 amide bonds. The molecule has 0 saturated carbocycles. The largest absolute Gasteiger partial charge is 0.336 e. The predicted octanol–water partition coefficient (Wildman–Crippen LogP) is 2.02. The summed E-state index contributed by atoms with van der Waals surface area (Å²) in [5.41, 5.74) is -0.0999. The van der Waals surface area contributed by atoms with Crippen LogP contribution >= 0.6 is 11.8 Å². The summed E-state index contributed by atoms with van der Waals surface area (Å²) < 4.78 is 4.09. The molecule has 0 bridgehead atoms. The Hall–Kier alpha value is -1.41. The lowest BCUT2D eigenvalue weighted by atomic mass is 10.1. The Morgan fingerprint density at radius 1 is 1.29 bits per heavy atom. The molecule has 2 aromatic rings. The van der Waals surface area contributed by atoms with Gasteiger partial charge in [0.1, 0.15) is 0 Å². The lowest BCUT2D eigenvalue weighted by Crippen LogP contribution is -2.40. The van der Waals surface area contributed by atoms with Crippen LogP contribution in [0.3, 0.4) is 0 Å². The van der Waals surface area contributed by atoms with E-state index in [4.69, 9.17) is 0 Å².